The first-order chi connectivity index (χ1) is 14.2. The van der Waals surface area contributed by atoms with Gasteiger partial charge < -0.3 is 9.64 Å². The van der Waals surface area contributed by atoms with E-state index in [1.807, 2.05) is 0 Å². The summed E-state index contributed by atoms with van der Waals surface area (Å²) in [5.74, 6) is -0.666. The molecule has 9 nitrogen and oxygen atoms in total. The number of sulfonamides is 1. The summed E-state index contributed by atoms with van der Waals surface area (Å²) in [6.45, 7) is 1.42. The van der Waals surface area contributed by atoms with Gasteiger partial charge in [0.2, 0.25) is 10.0 Å². The minimum Gasteiger partial charge on any atom is -0.457 e. The number of carbonyl (C=O) groups is 1. The van der Waals surface area contributed by atoms with Crippen molar-refractivity contribution in [3.63, 3.8) is 0 Å². The van der Waals surface area contributed by atoms with Crippen molar-refractivity contribution in [2.24, 2.45) is 0 Å². The van der Waals surface area contributed by atoms with Crippen LogP contribution in [-0.2, 0) is 21.4 Å². The maximum atomic E-state index is 12.9. The zero-order chi connectivity index (χ0) is 21.9. The molecule has 0 bridgehead atoms. The average Bonchev–Trinajstić information content (AvgIpc) is 3.21. The minimum atomic E-state index is -3.72. The number of anilines is 1. The van der Waals surface area contributed by atoms with Crippen LogP contribution in [0.5, 0.6) is 0 Å². The molecule has 1 aliphatic rings. The van der Waals surface area contributed by atoms with E-state index in [4.69, 9.17) is 4.74 Å². The van der Waals surface area contributed by atoms with Gasteiger partial charge in [-0.3, -0.25) is 10.1 Å². The number of ether oxygens (including phenoxy) is 1. The van der Waals surface area contributed by atoms with Gasteiger partial charge >= 0.3 is 11.0 Å². The van der Waals surface area contributed by atoms with Gasteiger partial charge in [0.05, 0.1) is 21.1 Å². The molecule has 0 saturated carbocycles. The number of rotatable bonds is 7. The molecule has 0 unspecified atom stereocenters. The summed E-state index contributed by atoms with van der Waals surface area (Å²) in [5, 5.41) is 12.3. The number of esters is 1. The summed E-state index contributed by atoms with van der Waals surface area (Å²) in [7, 11) is -0.868. The van der Waals surface area contributed by atoms with E-state index in [2.05, 4.69) is 4.90 Å². The summed E-state index contributed by atoms with van der Waals surface area (Å²) in [5.41, 5.74) is 1.31. The molecule has 3 rings (SSSR count). The number of carbonyl (C=O) groups excluding carboxylic acids is 1. The number of thiophene rings is 1. The molecule has 0 spiro atoms. The van der Waals surface area contributed by atoms with Gasteiger partial charge in [0.25, 0.3) is 0 Å². The summed E-state index contributed by atoms with van der Waals surface area (Å²) < 4.78 is 31.5. The zero-order valence-electron chi connectivity index (χ0n) is 16.7. The summed E-state index contributed by atoms with van der Waals surface area (Å²) in [4.78, 5) is 25.3. The Morgan fingerprint density at radius 1 is 1.23 bits per heavy atom. The first-order valence-electron chi connectivity index (χ1n) is 9.40. The van der Waals surface area contributed by atoms with Gasteiger partial charge in [0.15, 0.2) is 0 Å². The van der Waals surface area contributed by atoms with Crippen LogP contribution in [0.2, 0.25) is 0 Å². The molecule has 0 radical (unpaired) electrons. The lowest BCUT2D eigenvalue weighted by Crippen LogP contribution is -2.31. The molecule has 0 atom stereocenters. The van der Waals surface area contributed by atoms with E-state index >= 15 is 0 Å². The Morgan fingerprint density at radius 3 is 2.53 bits per heavy atom. The number of benzene rings is 1. The van der Waals surface area contributed by atoms with Crippen LogP contribution in [0.4, 0.5) is 10.7 Å². The second-order valence-corrected chi connectivity index (χ2v) is 10.2. The molecule has 162 valence electrons. The van der Waals surface area contributed by atoms with Crippen molar-refractivity contribution < 1.29 is 22.9 Å². The Bertz CT molecular complexity index is 1040. The van der Waals surface area contributed by atoms with Crippen molar-refractivity contribution in [1.29, 1.82) is 0 Å². The van der Waals surface area contributed by atoms with Crippen molar-refractivity contribution in [3.05, 3.63) is 50.9 Å². The van der Waals surface area contributed by atoms with Crippen LogP contribution in [0.25, 0.3) is 0 Å². The van der Waals surface area contributed by atoms with E-state index in [9.17, 15) is 23.3 Å². The van der Waals surface area contributed by atoms with E-state index in [0.717, 1.165) is 48.0 Å². The van der Waals surface area contributed by atoms with Gasteiger partial charge in [-0.2, -0.15) is 0 Å². The fourth-order valence-electron chi connectivity index (χ4n) is 3.22. The standard InChI is InChI=1S/C19H23N3O6S2/c1-20(2)30(26,27)15-6-7-17(21-8-4-3-5-9-21)16(11-15)19(23)28-12-14-10-18(22(24)25)29-13-14/h6-7,10-11,13H,3-5,8-9,12H2,1-2H3. The second kappa shape index (κ2) is 9.11. The van der Waals surface area contributed by atoms with E-state index in [-0.39, 0.29) is 22.1 Å². The third-order valence-electron chi connectivity index (χ3n) is 4.85. The van der Waals surface area contributed by atoms with Crippen LogP contribution in [0, 0.1) is 10.1 Å². The van der Waals surface area contributed by atoms with Crippen molar-refractivity contribution >= 4 is 38.0 Å². The van der Waals surface area contributed by atoms with Crippen LogP contribution in [-0.4, -0.2) is 50.8 Å². The normalized spacial score (nSPS) is 14.7. The van der Waals surface area contributed by atoms with E-state index in [0.29, 0.717) is 11.3 Å². The van der Waals surface area contributed by atoms with Gasteiger partial charge in [-0.1, -0.05) is 11.3 Å². The summed E-state index contributed by atoms with van der Waals surface area (Å²) >= 11 is 0.957. The van der Waals surface area contributed by atoms with Crippen molar-refractivity contribution in [2.75, 3.05) is 32.1 Å². The largest absolute Gasteiger partial charge is 0.457 e. The molecule has 11 heteroatoms. The number of piperidine rings is 1. The highest BCUT2D eigenvalue weighted by Crippen LogP contribution is 2.29. The fourth-order valence-corrected chi connectivity index (χ4v) is 4.86. The Hall–Kier alpha value is -2.50. The molecule has 1 aromatic heterocycles. The van der Waals surface area contributed by atoms with Gasteiger partial charge in [-0.25, -0.2) is 17.5 Å². The lowest BCUT2D eigenvalue weighted by Gasteiger charge is -2.30. The van der Waals surface area contributed by atoms with Crippen molar-refractivity contribution in [1.82, 2.24) is 4.31 Å². The third-order valence-corrected chi connectivity index (χ3v) is 7.59. The molecule has 1 aromatic carbocycles. The maximum absolute atomic E-state index is 12.9. The molecule has 1 saturated heterocycles. The first-order valence-corrected chi connectivity index (χ1v) is 11.7. The van der Waals surface area contributed by atoms with Gasteiger partial charge in [0.1, 0.15) is 6.61 Å². The maximum Gasteiger partial charge on any atom is 0.340 e. The smallest absolute Gasteiger partial charge is 0.340 e. The summed E-state index contributed by atoms with van der Waals surface area (Å²) in [6.07, 6.45) is 3.09. The van der Waals surface area contributed by atoms with Crippen LogP contribution in [0.3, 0.4) is 0 Å². The van der Waals surface area contributed by atoms with Gasteiger partial charge in [-0.15, -0.1) is 0 Å². The average molecular weight is 454 g/mol. The molecule has 30 heavy (non-hydrogen) atoms. The highest BCUT2D eigenvalue weighted by molar-refractivity contribution is 7.89. The Labute approximate surface area is 179 Å². The van der Waals surface area contributed by atoms with E-state index in [1.165, 1.54) is 32.3 Å². The quantitative estimate of drug-likeness (QED) is 0.359. The van der Waals surface area contributed by atoms with Gasteiger partial charge in [-0.05, 0) is 37.5 Å². The molecular weight excluding hydrogens is 430 g/mol. The Kier molecular flexibility index (Phi) is 6.74. The Balaban J connectivity index is 1.89. The van der Waals surface area contributed by atoms with E-state index < -0.39 is 20.9 Å². The highest BCUT2D eigenvalue weighted by Gasteiger charge is 2.25. The zero-order valence-corrected chi connectivity index (χ0v) is 18.4. The molecule has 0 amide bonds. The number of hydrogen-bond donors (Lipinski definition) is 0. The minimum absolute atomic E-state index is 0.00591. The highest BCUT2D eigenvalue weighted by atomic mass is 32.2. The number of nitrogens with zero attached hydrogens (tertiary/aromatic N) is 3. The molecular formula is C19H23N3O6S2. The van der Waals surface area contributed by atoms with E-state index in [1.54, 1.807) is 11.4 Å². The third kappa shape index (κ3) is 4.79. The first kappa shape index (κ1) is 22.2. The Morgan fingerprint density at radius 2 is 1.93 bits per heavy atom. The van der Waals surface area contributed by atoms with Crippen LogP contribution >= 0.6 is 11.3 Å². The lowest BCUT2D eigenvalue weighted by molar-refractivity contribution is -0.380. The van der Waals surface area contributed by atoms with Crippen LogP contribution in [0.1, 0.15) is 35.2 Å². The van der Waals surface area contributed by atoms with Gasteiger partial charge in [0, 0.05) is 44.2 Å². The number of hydrogen-bond acceptors (Lipinski definition) is 8. The van der Waals surface area contributed by atoms with Crippen LogP contribution < -0.4 is 4.90 Å². The fraction of sp³-hybridized carbons (Fsp3) is 0.421. The summed E-state index contributed by atoms with van der Waals surface area (Å²) in [6, 6.07) is 5.85. The van der Waals surface area contributed by atoms with Crippen molar-refractivity contribution in [3.8, 4) is 0 Å². The molecule has 2 aromatic rings. The second-order valence-electron chi connectivity index (χ2n) is 7.14. The molecule has 1 aliphatic heterocycles. The monoisotopic (exact) mass is 453 g/mol. The molecule has 2 heterocycles. The molecule has 0 aliphatic carbocycles. The molecule has 1 fully saturated rings. The predicted molar refractivity (Wildman–Crippen MR) is 113 cm³/mol. The molecule has 0 N–H and O–H groups in total. The predicted octanol–water partition coefficient (Wildman–Crippen LogP) is 3.25. The number of nitro groups is 1. The van der Waals surface area contributed by atoms with Crippen molar-refractivity contribution in [2.45, 2.75) is 30.8 Å². The van der Waals surface area contributed by atoms with Crippen LogP contribution in [0.15, 0.2) is 34.5 Å². The topological polar surface area (TPSA) is 110 Å². The SMILES string of the molecule is CN(C)S(=O)(=O)c1ccc(N2CCCCC2)c(C(=O)OCc2csc([N+](=O)[O-])c2)c1. The lowest BCUT2D eigenvalue weighted by atomic mass is 10.1.